The number of pyridine rings is 1. The van der Waals surface area contributed by atoms with Gasteiger partial charge in [0.2, 0.25) is 21.7 Å². The molecule has 3 heterocycles. The molecular weight excluding hydrogens is 397 g/mol. The number of aromatic nitrogens is 3. The molecule has 1 aliphatic rings. The first-order chi connectivity index (χ1) is 13.2. The molecule has 0 unspecified atom stereocenters. The van der Waals surface area contributed by atoms with Crippen molar-refractivity contribution in [3.63, 3.8) is 0 Å². The standard InChI is InChI=1S/C17H13F3N4O3S/c18-17(19,20)13-4-1-3-11(7-13)15-22-16(27-23-15)12-9-24(10-12)28(25,26)14-5-2-6-21-8-14/h1-8,12H,9-10H2. The van der Waals surface area contributed by atoms with Crippen molar-refractivity contribution in [1.29, 1.82) is 0 Å². The highest BCUT2D eigenvalue weighted by Crippen LogP contribution is 2.34. The molecule has 146 valence electrons. The van der Waals surface area contributed by atoms with Gasteiger partial charge in [0.15, 0.2) is 0 Å². The Hall–Kier alpha value is -2.79. The van der Waals surface area contributed by atoms with Crippen LogP contribution in [0.3, 0.4) is 0 Å². The zero-order chi connectivity index (χ0) is 19.9. The van der Waals surface area contributed by atoms with Gasteiger partial charge in [-0.3, -0.25) is 4.98 Å². The van der Waals surface area contributed by atoms with Crippen molar-refractivity contribution in [2.75, 3.05) is 13.1 Å². The molecule has 0 atom stereocenters. The molecule has 1 saturated heterocycles. The fourth-order valence-corrected chi connectivity index (χ4v) is 4.29. The van der Waals surface area contributed by atoms with Gasteiger partial charge in [0.25, 0.3) is 0 Å². The molecule has 2 aromatic heterocycles. The quantitative estimate of drug-likeness (QED) is 0.657. The van der Waals surface area contributed by atoms with Crippen molar-refractivity contribution in [1.82, 2.24) is 19.4 Å². The molecule has 0 radical (unpaired) electrons. The van der Waals surface area contributed by atoms with Gasteiger partial charge in [0.05, 0.1) is 11.5 Å². The van der Waals surface area contributed by atoms with Crippen molar-refractivity contribution in [3.8, 4) is 11.4 Å². The first-order valence-electron chi connectivity index (χ1n) is 8.16. The molecule has 1 fully saturated rings. The topological polar surface area (TPSA) is 89.2 Å². The predicted molar refractivity (Wildman–Crippen MR) is 90.5 cm³/mol. The Morgan fingerprint density at radius 1 is 1.14 bits per heavy atom. The van der Waals surface area contributed by atoms with Crippen molar-refractivity contribution in [2.45, 2.75) is 17.0 Å². The van der Waals surface area contributed by atoms with Crippen LogP contribution < -0.4 is 0 Å². The smallest absolute Gasteiger partial charge is 0.339 e. The van der Waals surface area contributed by atoms with Crippen LogP contribution in [0.15, 0.2) is 58.2 Å². The number of benzene rings is 1. The molecule has 0 saturated carbocycles. The Labute approximate surface area is 157 Å². The van der Waals surface area contributed by atoms with Crippen LogP contribution in [-0.2, 0) is 16.2 Å². The highest BCUT2D eigenvalue weighted by atomic mass is 32.2. The van der Waals surface area contributed by atoms with Crippen LogP contribution in [0.25, 0.3) is 11.4 Å². The van der Waals surface area contributed by atoms with Crippen molar-refractivity contribution in [2.24, 2.45) is 0 Å². The summed E-state index contributed by atoms with van der Waals surface area (Å²) >= 11 is 0. The van der Waals surface area contributed by atoms with Crippen LogP contribution in [0, 0.1) is 0 Å². The molecule has 3 aromatic rings. The fourth-order valence-electron chi connectivity index (χ4n) is 2.79. The Balaban J connectivity index is 1.49. The van der Waals surface area contributed by atoms with Gasteiger partial charge in [-0.1, -0.05) is 17.3 Å². The number of nitrogens with zero attached hydrogens (tertiary/aromatic N) is 4. The SMILES string of the molecule is O=S(=O)(c1cccnc1)N1CC(c2nc(-c3cccc(C(F)(F)F)c3)no2)C1. The van der Waals surface area contributed by atoms with Crippen LogP contribution in [-0.4, -0.2) is 40.9 Å². The number of sulfonamides is 1. The van der Waals surface area contributed by atoms with E-state index in [2.05, 4.69) is 15.1 Å². The number of halogens is 3. The lowest BCUT2D eigenvalue weighted by atomic mass is 10.0. The maximum absolute atomic E-state index is 12.8. The summed E-state index contributed by atoms with van der Waals surface area (Å²) in [5.74, 6) is -0.113. The molecule has 1 aliphatic heterocycles. The highest BCUT2D eigenvalue weighted by Gasteiger charge is 2.40. The molecule has 11 heteroatoms. The van der Waals surface area contributed by atoms with Gasteiger partial charge < -0.3 is 4.52 Å². The molecule has 1 aromatic carbocycles. The summed E-state index contributed by atoms with van der Waals surface area (Å²) in [7, 11) is -3.65. The largest absolute Gasteiger partial charge is 0.416 e. The maximum Gasteiger partial charge on any atom is 0.416 e. The van der Waals surface area contributed by atoms with E-state index in [0.29, 0.717) is 0 Å². The van der Waals surface area contributed by atoms with Crippen LogP contribution in [0.4, 0.5) is 13.2 Å². The van der Waals surface area contributed by atoms with Crippen LogP contribution in [0.5, 0.6) is 0 Å². The summed E-state index contributed by atoms with van der Waals surface area (Å²) in [5.41, 5.74) is -0.641. The van der Waals surface area contributed by atoms with Crippen molar-refractivity contribution in [3.05, 3.63) is 60.2 Å². The molecule has 4 rings (SSSR count). The third-order valence-electron chi connectivity index (χ3n) is 4.36. The summed E-state index contributed by atoms with van der Waals surface area (Å²) in [6.45, 7) is 0.281. The summed E-state index contributed by atoms with van der Waals surface area (Å²) in [6, 6.07) is 7.59. The number of hydrogen-bond donors (Lipinski definition) is 0. The summed E-state index contributed by atoms with van der Waals surface area (Å²) in [5, 5.41) is 3.73. The molecule has 0 spiro atoms. The Morgan fingerprint density at radius 2 is 1.93 bits per heavy atom. The first-order valence-corrected chi connectivity index (χ1v) is 9.60. The number of hydrogen-bond acceptors (Lipinski definition) is 6. The van der Waals surface area contributed by atoms with E-state index >= 15 is 0 Å². The molecule has 0 amide bonds. The number of rotatable bonds is 4. The molecular formula is C17H13F3N4O3S. The van der Waals surface area contributed by atoms with Crippen molar-refractivity contribution >= 4 is 10.0 Å². The van der Waals surface area contributed by atoms with Gasteiger partial charge in [-0.15, -0.1) is 0 Å². The van der Waals surface area contributed by atoms with Crippen molar-refractivity contribution < 1.29 is 26.1 Å². The van der Waals surface area contributed by atoms with Gasteiger partial charge in [0.1, 0.15) is 4.90 Å². The average Bonchev–Trinajstić information content (AvgIpc) is 3.10. The zero-order valence-electron chi connectivity index (χ0n) is 14.2. The van der Waals surface area contributed by atoms with E-state index in [9.17, 15) is 21.6 Å². The molecule has 0 bridgehead atoms. The van der Waals surface area contributed by atoms with E-state index in [4.69, 9.17) is 4.52 Å². The van der Waals surface area contributed by atoms with Gasteiger partial charge >= 0.3 is 6.18 Å². The highest BCUT2D eigenvalue weighted by molar-refractivity contribution is 7.89. The second-order valence-corrected chi connectivity index (χ2v) is 8.18. The van der Waals surface area contributed by atoms with E-state index in [0.717, 1.165) is 12.1 Å². The summed E-state index contributed by atoms with van der Waals surface area (Å²) in [6.07, 6.45) is -1.73. The van der Waals surface area contributed by atoms with Gasteiger partial charge in [0, 0.05) is 31.0 Å². The van der Waals surface area contributed by atoms with Crippen LogP contribution in [0.2, 0.25) is 0 Å². The van der Waals surface area contributed by atoms with Gasteiger partial charge in [-0.25, -0.2) is 8.42 Å². The van der Waals surface area contributed by atoms with Gasteiger partial charge in [-0.05, 0) is 24.3 Å². The maximum atomic E-state index is 12.8. The van der Waals surface area contributed by atoms with E-state index in [-0.39, 0.29) is 41.2 Å². The normalized spacial score (nSPS) is 16.1. The number of alkyl halides is 3. The second kappa shape index (κ2) is 6.67. The fraction of sp³-hybridized carbons (Fsp3) is 0.235. The lowest BCUT2D eigenvalue weighted by molar-refractivity contribution is -0.137. The minimum absolute atomic E-state index is 0.0228. The van der Waals surface area contributed by atoms with E-state index in [1.165, 1.54) is 41.0 Å². The molecule has 0 aliphatic carbocycles. The Morgan fingerprint density at radius 3 is 2.61 bits per heavy atom. The molecule has 0 N–H and O–H groups in total. The minimum Gasteiger partial charge on any atom is -0.339 e. The van der Waals surface area contributed by atoms with E-state index in [1.54, 1.807) is 0 Å². The Bertz CT molecular complexity index is 1090. The van der Waals surface area contributed by atoms with E-state index in [1.807, 2.05) is 0 Å². The third kappa shape index (κ3) is 3.38. The minimum atomic E-state index is -4.47. The molecule has 28 heavy (non-hydrogen) atoms. The Kier molecular flexibility index (Phi) is 4.42. The van der Waals surface area contributed by atoms with Gasteiger partial charge in [-0.2, -0.15) is 22.5 Å². The average molecular weight is 410 g/mol. The van der Waals surface area contributed by atoms with Crippen LogP contribution >= 0.6 is 0 Å². The second-order valence-electron chi connectivity index (χ2n) is 6.24. The third-order valence-corrected chi connectivity index (χ3v) is 6.17. The van der Waals surface area contributed by atoms with E-state index < -0.39 is 21.8 Å². The predicted octanol–water partition coefficient (Wildman–Crippen LogP) is 2.94. The zero-order valence-corrected chi connectivity index (χ0v) is 15.0. The lowest BCUT2D eigenvalue weighted by Gasteiger charge is -2.35. The summed E-state index contributed by atoms with van der Waals surface area (Å²) in [4.78, 5) is 8.03. The monoisotopic (exact) mass is 410 g/mol. The summed E-state index contributed by atoms with van der Waals surface area (Å²) < 4.78 is 69.8. The molecule has 7 nitrogen and oxygen atoms in total. The first kappa shape index (κ1) is 18.6. The van der Waals surface area contributed by atoms with Crippen LogP contribution in [0.1, 0.15) is 17.4 Å². The lowest BCUT2D eigenvalue weighted by Crippen LogP contribution is -2.48.